The molecule has 30 heavy (non-hydrogen) atoms. The van der Waals surface area contributed by atoms with Crippen molar-refractivity contribution in [1.29, 1.82) is 0 Å². The van der Waals surface area contributed by atoms with Gasteiger partial charge in [0.05, 0.1) is 5.69 Å². The van der Waals surface area contributed by atoms with E-state index in [9.17, 15) is 14.7 Å². The molecule has 2 aliphatic rings. The van der Waals surface area contributed by atoms with Crippen LogP contribution >= 0.6 is 15.9 Å². The van der Waals surface area contributed by atoms with E-state index in [2.05, 4.69) is 20.9 Å². The first-order chi connectivity index (χ1) is 14.5. The zero-order chi connectivity index (χ0) is 21.1. The normalized spacial score (nSPS) is 25.2. The van der Waals surface area contributed by atoms with Crippen LogP contribution in [0, 0.1) is 0 Å². The van der Waals surface area contributed by atoms with Crippen molar-refractivity contribution in [1.82, 2.24) is 9.88 Å². The van der Waals surface area contributed by atoms with E-state index in [1.807, 2.05) is 47.4 Å². The number of rotatable bonds is 6. The number of pyridine rings is 1. The first kappa shape index (κ1) is 20.8. The molecule has 3 heterocycles. The lowest BCUT2D eigenvalue weighted by Gasteiger charge is -2.45. The number of carbonyl (C=O) groups is 2. The molecule has 2 saturated heterocycles. The van der Waals surface area contributed by atoms with Gasteiger partial charge in [0.1, 0.15) is 18.8 Å². The van der Waals surface area contributed by atoms with Crippen molar-refractivity contribution in [3.8, 4) is 0 Å². The Bertz CT molecular complexity index is 892. The summed E-state index contributed by atoms with van der Waals surface area (Å²) in [5.74, 6) is -1.02. The summed E-state index contributed by atoms with van der Waals surface area (Å²) < 4.78 is 12.3. The van der Waals surface area contributed by atoms with E-state index in [4.69, 9.17) is 9.47 Å². The number of aromatic nitrogens is 1. The smallest absolute Gasteiger partial charge is 0.410 e. The van der Waals surface area contributed by atoms with Gasteiger partial charge in [0.15, 0.2) is 0 Å². The van der Waals surface area contributed by atoms with Gasteiger partial charge in [0.2, 0.25) is 0 Å². The van der Waals surface area contributed by atoms with Crippen molar-refractivity contribution >= 4 is 28.0 Å². The number of ether oxygens (including phenoxy) is 2. The van der Waals surface area contributed by atoms with Crippen LogP contribution in [-0.2, 0) is 26.5 Å². The van der Waals surface area contributed by atoms with Crippen LogP contribution in [0.5, 0.6) is 0 Å². The summed E-state index contributed by atoms with van der Waals surface area (Å²) in [5, 5.41) is 9.18. The average molecular weight is 475 g/mol. The molecule has 1 amide bonds. The molecule has 7 nitrogen and oxygen atoms in total. The number of carbonyl (C=O) groups excluding carboxylic acids is 1. The second-order valence-electron chi connectivity index (χ2n) is 7.78. The van der Waals surface area contributed by atoms with Crippen LogP contribution in [0.15, 0.2) is 53.1 Å². The predicted molar refractivity (Wildman–Crippen MR) is 112 cm³/mol. The maximum absolute atomic E-state index is 12.8. The molecule has 2 bridgehead atoms. The number of nitrogens with zero attached hydrogens (tertiary/aromatic N) is 2. The van der Waals surface area contributed by atoms with Crippen LogP contribution in [0.2, 0.25) is 0 Å². The Morgan fingerprint density at radius 3 is 2.43 bits per heavy atom. The minimum Gasteiger partial charge on any atom is -0.480 e. The molecule has 4 rings (SSSR count). The highest BCUT2D eigenvalue weighted by molar-refractivity contribution is 9.10. The number of fused-ring (bicyclic) bond motifs is 2. The molecular weight excluding hydrogens is 452 g/mol. The fourth-order valence-electron chi connectivity index (χ4n) is 4.54. The van der Waals surface area contributed by atoms with Gasteiger partial charge in [-0.1, -0.05) is 30.3 Å². The standard InChI is InChI=1S/C22H23BrN2O5/c23-16-6-9-19(24-12-16)22(30-14-20(26)27)10-17-7-8-18(11-22)25(17)21(28)29-13-15-4-2-1-3-5-15/h1-6,9,12,17-18H,7-8,10-11,13-14H2,(H,26,27). The number of carboxylic acids is 1. The molecule has 1 aromatic carbocycles. The third kappa shape index (κ3) is 4.34. The molecule has 0 saturated carbocycles. The number of amides is 1. The van der Waals surface area contributed by atoms with Crippen LogP contribution < -0.4 is 0 Å². The zero-order valence-corrected chi connectivity index (χ0v) is 18.0. The van der Waals surface area contributed by atoms with Crippen LogP contribution in [0.3, 0.4) is 0 Å². The summed E-state index contributed by atoms with van der Waals surface area (Å²) >= 11 is 3.38. The van der Waals surface area contributed by atoms with Crippen molar-refractivity contribution in [3.63, 3.8) is 0 Å². The highest BCUT2D eigenvalue weighted by Crippen LogP contribution is 2.47. The first-order valence-corrected chi connectivity index (χ1v) is 10.7. The highest BCUT2D eigenvalue weighted by Gasteiger charge is 2.53. The summed E-state index contributed by atoms with van der Waals surface area (Å²) in [6, 6.07) is 13.1. The molecule has 158 valence electrons. The van der Waals surface area contributed by atoms with E-state index >= 15 is 0 Å². The van der Waals surface area contributed by atoms with Crippen molar-refractivity contribution in [2.24, 2.45) is 0 Å². The predicted octanol–water partition coefficient (Wildman–Crippen LogP) is 4.10. The van der Waals surface area contributed by atoms with E-state index in [0.717, 1.165) is 22.9 Å². The Balaban J connectivity index is 1.51. The van der Waals surface area contributed by atoms with Gasteiger partial charge >= 0.3 is 12.1 Å². The minimum atomic E-state index is -1.02. The topological polar surface area (TPSA) is 89.0 Å². The van der Waals surface area contributed by atoms with Gasteiger partial charge in [0, 0.05) is 35.6 Å². The number of hydrogen-bond donors (Lipinski definition) is 1. The molecule has 1 N–H and O–H groups in total. The summed E-state index contributed by atoms with van der Waals surface area (Å²) in [4.78, 5) is 30.3. The zero-order valence-electron chi connectivity index (χ0n) is 16.4. The molecule has 0 aliphatic carbocycles. The number of hydrogen-bond acceptors (Lipinski definition) is 5. The molecule has 1 aromatic heterocycles. The van der Waals surface area contributed by atoms with Crippen molar-refractivity contribution in [3.05, 3.63) is 64.4 Å². The van der Waals surface area contributed by atoms with Gasteiger partial charge in [-0.2, -0.15) is 0 Å². The molecule has 2 atom stereocenters. The highest BCUT2D eigenvalue weighted by atomic mass is 79.9. The number of aliphatic carboxylic acids is 1. The maximum Gasteiger partial charge on any atom is 0.410 e. The van der Waals surface area contributed by atoms with Gasteiger partial charge in [-0.25, -0.2) is 9.59 Å². The van der Waals surface area contributed by atoms with Crippen LogP contribution in [0.4, 0.5) is 4.79 Å². The lowest BCUT2D eigenvalue weighted by atomic mass is 9.83. The molecule has 2 fully saturated rings. The Hall–Kier alpha value is -2.45. The average Bonchev–Trinajstić information content (AvgIpc) is 3.03. The maximum atomic E-state index is 12.8. The van der Waals surface area contributed by atoms with E-state index in [-0.39, 0.29) is 24.8 Å². The van der Waals surface area contributed by atoms with Crippen molar-refractivity contribution in [2.75, 3.05) is 6.61 Å². The lowest BCUT2D eigenvalue weighted by Crippen LogP contribution is -2.53. The fourth-order valence-corrected chi connectivity index (χ4v) is 4.78. The van der Waals surface area contributed by atoms with E-state index in [1.54, 1.807) is 6.20 Å². The summed E-state index contributed by atoms with van der Waals surface area (Å²) in [7, 11) is 0. The van der Waals surface area contributed by atoms with E-state index in [1.165, 1.54) is 0 Å². The molecule has 2 aromatic rings. The van der Waals surface area contributed by atoms with Crippen LogP contribution in [-0.4, -0.2) is 45.7 Å². The Kier molecular flexibility index (Phi) is 6.06. The van der Waals surface area contributed by atoms with Crippen molar-refractivity contribution < 1.29 is 24.2 Å². The first-order valence-electron chi connectivity index (χ1n) is 9.94. The quantitative estimate of drug-likeness (QED) is 0.677. The third-order valence-corrected chi connectivity index (χ3v) is 6.30. The van der Waals surface area contributed by atoms with Gasteiger partial charge in [-0.3, -0.25) is 4.98 Å². The monoisotopic (exact) mass is 474 g/mol. The Morgan fingerprint density at radius 2 is 1.83 bits per heavy atom. The largest absolute Gasteiger partial charge is 0.480 e. The molecular formula is C22H23BrN2O5. The molecule has 2 aliphatic heterocycles. The van der Waals surface area contributed by atoms with E-state index < -0.39 is 18.2 Å². The SMILES string of the molecule is O=C(O)COC1(c2ccc(Br)cn2)CC2CCC(C1)N2C(=O)OCc1ccccc1. The van der Waals surface area contributed by atoms with Crippen LogP contribution in [0.1, 0.15) is 36.9 Å². The van der Waals surface area contributed by atoms with Gasteiger partial charge in [-0.15, -0.1) is 0 Å². The molecule has 0 spiro atoms. The van der Waals surface area contributed by atoms with Crippen LogP contribution in [0.25, 0.3) is 0 Å². The lowest BCUT2D eigenvalue weighted by molar-refractivity contribution is -0.158. The molecule has 8 heteroatoms. The summed E-state index contributed by atoms with van der Waals surface area (Å²) in [6.45, 7) is -0.180. The van der Waals surface area contributed by atoms with Crippen molar-refractivity contribution in [2.45, 2.75) is 50.0 Å². The van der Waals surface area contributed by atoms with E-state index in [0.29, 0.717) is 18.5 Å². The molecule has 0 radical (unpaired) electrons. The summed E-state index contributed by atoms with van der Waals surface area (Å²) in [5.41, 5.74) is 0.802. The van der Waals surface area contributed by atoms with Gasteiger partial charge in [0.25, 0.3) is 0 Å². The Morgan fingerprint density at radius 1 is 1.13 bits per heavy atom. The molecule has 2 unspecified atom stereocenters. The van der Waals surface area contributed by atoms with Gasteiger partial charge in [-0.05, 0) is 46.5 Å². The Labute approximate surface area is 183 Å². The third-order valence-electron chi connectivity index (χ3n) is 5.83. The number of carboxylic acid groups (broad SMARTS) is 1. The van der Waals surface area contributed by atoms with Gasteiger partial charge < -0.3 is 19.5 Å². The number of piperidine rings is 1. The number of benzene rings is 1. The number of halogens is 1. The second-order valence-corrected chi connectivity index (χ2v) is 8.69. The second kappa shape index (κ2) is 8.73. The minimum absolute atomic E-state index is 0.0775. The summed E-state index contributed by atoms with van der Waals surface area (Å²) in [6.07, 6.45) is 4.00. The fraction of sp³-hybridized carbons (Fsp3) is 0.409.